The van der Waals surface area contributed by atoms with Crippen molar-refractivity contribution in [3.8, 4) is 0 Å². The molecule has 0 saturated carbocycles. The number of aliphatic imine (C=N–C) groups is 1. The monoisotopic (exact) mass is 346 g/mol. The van der Waals surface area contributed by atoms with E-state index in [2.05, 4.69) is 20.7 Å². The highest BCUT2D eigenvalue weighted by molar-refractivity contribution is 5.79. The van der Waals surface area contributed by atoms with Gasteiger partial charge in [0, 0.05) is 52.5 Å². The van der Waals surface area contributed by atoms with Gasteiger partial charge < -0.3 is 15.5 Å². The molecule has 0 fully saturated rings. The molecule has 7 heteroatoms. The second kappa shape index (κ2) is 8.00. The van der Waals surface area contributed by atoms with Gasteiger partial charge in [0.25, 0.3) is 0 Å². The summed E-state index contributed by atoms with van der Waals surface area (Å²) in [5, 5.41) is 10.9. The molecule has 25 heavy (non-hydrogen) atoms. The van der Waals surface area contributed by atoms with Crippen molar-refractivity contribution in [2.45, 2.75) is 26.9 Å². The lowest BCUT2D eigenvalue weighted by Crippen LogP contribution is -2.36. The maximum absolute atomic E-state index is 14.0. The standard InChI is InChI=1S/C18H27FN6/c1-12-15(13(2)25(6)23-12)11-22-18(20-3)21-10-14-7-8-17(24(4)5)16(19)9-14/h7-9H,10-11H2,1-6H3,(H2,20,21,22). The number of rotatable bonds is 5. The Morgan fingerprint density at radius 3 is 2.44 bits per heavy atom. The van der Waals surface area contributed by atoms with E-state index in [-0.39, 0.29) is 5.82 Å². The Morgan fingerprint density at radius 1 is 1.24 bits per heavy atom. The predicted octanol–water partition coefficient (Wildman–Crippen LogP) is 2.11. The van der Waals surface area contributed by atoms with Gasteiger partial charge in [-0.2, -0.15) is 5.10 Å². The zero-order chi connectivity index (χ0) is 18.6. The molecule has 1 heterocycles. The average molecular weight is 346 g/mol. The lowest BCUT2D eigenvalue weighted by molar-refractivity contribution is 0.623. The Morgan fingerprint density at radius 2 is 1.92 bits per heavy atom. The molecular weight excluding hydrogens is 319 g/mol. The normalized spacial score (nSPS) is 11.6. The molecule has 1 aromatic carbocycles. The van der Waals surface area contributed by atoms with Crippen LogP contribution in [0.25, 0.3) is 0 Å². The summed E-state index contributed by atoms with van der Waals surface area (Å²) < 4.78 is 15.9. The largest absolute Gasteiger partial charge is 0.375 e. The quantitative estimate of drug-likeness (QED) is 0.643. The summed E-state index contributed by atoms with van der Waals surface area (Å²) in [6.07, 6.45) is 0. The van der Waals surface area contributed by atoms with Crippen molar-refractivity contribution in [1.82, 2.24) is 20.4 Å². The van der Waals surface area contributed by atoms with Crippen molar-refractivity contribution in [2.75, 3.05) is 26.0 Å². The van der Waals surface area contributed by atoms with E-state index in [0.29, 0.717) is 24.7 Å². The third-order valence-electron chi connectivity index (χ3n) is 4.27. The minimum absolute atomic E-state index is 0.228. The van der Waals surface area contributed by atoms with Crippen molar-refractivity contribution in [1.29, 1.82) is 0 Å². The van der Waals surface area contributed by atoms with Crippen LogP contribution < -0.4 is 15.5 Å². The molecule has 2 N–H and O–H groups in total. The summed E-state index contributed by atoms with van der Waals surface area (Å²) >= 11 is 0. The number of guanidine groups is 1. The minimum Gasteiger partial charge on any atom is -0.375 e. The van der Waals surface area contributed by atoms with E-state index in [4.69, 9.17) is 0 Å². The summed E-state index contributed by atoms with van der Waals surface area (Å²) in [5.74, 6) is 0.439. The first-order valence-corrected chi connectivity index (χ1v) is 8.22. The Hall–Kier alpha value is -2.57. The fourth-order valence-electron chi connectivity index (χ4n) is 2.67. The Kier molecular flexibility index (Phi) is 6.01. The van der Waals surface area contributed by atoms with Gasteiger partial charge >= 0.3 is 0 Å². The number of hydrogen-bond donors (Lipinski definition) is 2. The van der Waals surface area contributed by atoms with Crippen LogP contribution in [0.3, 0.4) is 0 Å². The lowest BCUT2D eigenvalue weighted by atomic mass is 10.2. The Balaban J connectivity index is 1.96. The molecule has 0 aliphatic rings. The van der Waals surface area contributed by atoms with Gasteiger partial charge in [0.15, 0.2) is 5.96 Å². The summed E-state index contributed by atoms with van der Waals surface area (Å²) in [5.41, 5.74) is 4.73. The summed E-state index contributed by atoms with van der Waals surface area (Å²) in [6, 6.07) is 5.24. The molecule has 0 aliphatic heterocycles. The summed E-state index contributed by atoms with van der Waals surface area (Å²) in [4.78, 5) is 5.97. The molecule has 0 radical (unpaired) electrons. The topological polar surface area (TPSA) is 57.5 Å². The predicted molar refractivity (Wildman–Crippen MR) is 100 cm³/mol. The van der Waals surface area contributed by atoms with Crippen LogP contribution in [0.15, 0.2) is 23.2 Å². The Bertz CT molecular complexity index is 763. The van der Waals surface area contributed by atoms with E-state index in [1.165, 1.54) is 0 Å². The molecule has 1 aromatic heterocycles. The van der Waals surface area contributed by atoms with Gasteiger partial charge in [-0.25, -0.2) is 4.39 Å². The van der Waals surface area contributed by atoms with Crippen LogP contribution >= 0.6 is 0 Å². The fourth-order valence-corrected chi connectivity index (χ4v) is 2.67. The number of nitrogens with zero attached hydrogens (tertiary/aromatic N) is 4. The number of halogens is 1. The van der Waals surface area contributed by atoms with Crippen LogP contribution in [0.2, 0.25) is 0 Å². The molecule has 0 spiro atoms. The van der Waals surface area contributed by atoms with E-state index < -0.39 is 0 Å². The van der Waals surface area contributed by atoms with Gasteiger partial charge in [0.1, 0.15) is 5.82 Å². The van der Waals surface area contributed by atoms with E-state index >= 15 is 0 Å². The average Bonchev–Trinajstić information content (AvgIpc) is 2.80. The summed E-state index contributed by atoms with van der Waals surface area (Å²) in [6.45, 7) is 5.17. The molecule has 0 atom stereocenters. The molecule has 2 rings (SSSR count). The van der Waals surface area contributed by atoms with Gasteiger partial charge in [0.2, 0.25) is 0 Å². The molecular formula is C18H27FN6. The number of anilines is 1. The number of aromatic nitrogens is 2. The van der Waals surface area contributed by atoms with Crippen LogP contribution in [0.4, 0.5) is 10.1 Å². The van der Waals surface area contributed by atoms with Crippen LogP contribution in [0.1, 0.15) is 22.5 Å². The lowest BCUT2D eigenvalue weighted by Gasteiger charge is -2.15. The maximum Gasteiger partial charge on any atom is 0.191 e. The van der Waals surface area contributed by atoms with Crippen LogP contribution in [0, 0.1) is 19.7 Å². The number of aryl methyl sites for hydroxylation is 2. The third-order valence-corrected chi connectivity index (χ3v) is 4.27. The van der Waals surface area contributed by atoms with Crippen molar-refractivity contribution in [3.05, 3.63) is 46.5 Å². The minimum atomic E-state index is -0.228. The zero-order valence-electron chi connectivity index (χ0n) is 15.8. The molecule has 0 unspecified atom stereocenters. The van der Waals surface area contributed by atoms with Gasteiger partial charge in [-0.05, 0) is 31.5 Å². The van der Waals surface area contributed by atoms with E-state index in [0.717, 1.165) is 22.5 Å². The molecule has 0 saturated heterocycles. The molecule has 0 bridgehead atoms. The first-order chi connectivity index (χ1) is 11.8. The highest BCUT2D eigenvalue weighted by Gasteiger charge is 2.10. The highest BCUT2D eigenvalue weighted by atomic mass is 19.1. The van der Waals surface area contributed by atoms with Crippen LogP contribution in [-0.2, 0) is 20.1 Å². The van der Waals surface area contributed by atoms with E-state index in [1.54, 1.807) is 24.1 Å². The fraction of sp³-hybridized carbons (Fsp3) is 0.444. The molecule has 0 amide bonds. The van der Waals surface area contributed by atoms with Crippen LogP contribution in [-0.4, -0.2) is 36.9 Å². The van der Waals surface area contributed by atoms with Crippen molar-refractivity contribution in [2.24, 2.45) is 12.0 Å². The maximum atomic E-state index is 14.0. The summed E-state index contributed by atoms with van der Waals surface area (Å²) in [7, 11) is 7.30. The van der Waals surface area contributed by atoms with Crippen LogP contribution in [0.5, 0.6) is 0 Å². The molecule has 0 aliphatic carbocycles. The second-order valence-corrected chi connectivity index (χ2v) is 6.23. The van der Waals surface area contributed by atoms with Crippen molar-refractivity contribution < 1.29 is 4.39 Å². The molecule has 136 valence electrons. The third kappa shape index (κ3) is 4.49. The Labute approximate surface area is 148 Å². The first kappa shape index (κ1) is 18.8. The number of hydrogen-bond acceptors (Lipinski definition) is 3. The SMILES string of the molecule is CN=C(NCc1ccc(N(C)C)c(F)c1)NCc1c(C)nn(C)c1C. The van der Waals surface area contributed by atoms with Gasteiger partial charge in [-0.1, -0.05) is 6.07 Å². The van der Waals surface area contributed by atoms with Gasteiger partial charge in [-0.3, -0.25) is 9.67 Å². The second-order valence-electron chi connectivity index (χ2n) is 6.23. The number of benzene rings is 1. The first-order valence-electron chi connectivity index (χ1n) is 8.22. The van der Waals surface area contributed by atoms with Crippen molar-refractivity contribution >= 4 is 11.6 Å². The van der Waals surface area contributed by atoms with Crippen molar-refractivity contribution in [3.63, 3.8) is 0 Å². The number of nitrogens with one attached hydrogen (secondary N) is 2. The van der Waals surface area contributed by atoms with Gasteiger partial charge in [-0.15, -0.1) is 0 Å². The molecule has 6 nitrogen and oxygen atoms in total. The van der Waals surface area contributed by atoms with E-state index in [1.807, 2.05) is 45.7 Å². The molecule has 2 aromatic rings. The highest BCUT2D eigenvalue weighted by Crippen LogP contribution is 2.18. The van der Waals surface area contributed by atoms with E-state index in [9.17, 15) is 4.39 Å². The smallest absolute Gasteiger partial charge is 0.191 e. The van der Waals surface area contributed by atoms with Gasteiger partial charge in [0.05, 0.1) is 11.4 Å². The zero-order valence-corrected chi connectivity index (χ0v) is 15.8.